The Morgan fingerprint density at radius 3 is 2.31 bits per heavy atom. The van der Waals surface area contributed by atoms with E-state index in [1.165, 1.54) is 57.8 Å². The van der Waals surface area contributed by atoms with Crippen LogP contribution >= 0.6 is 0 Å². The van der Waals surface area contributed by atoms with Crippen LogP contribution in [0.1, 0.15) is 71.6 Å². The van der Waals surface area contributed by atoms with Gasteiger partial charge in [0.1, 0.15) is 0 Å². The summed E-state index contributed by atoms with van der Waals surface area (Å²) in [7, 11) is 0. The molecule has 0 aromatic rings. The lowest BCUT2D eigenvalue weighted by molar-refractivity contribution is 0.450. The van der Waals surface area contributed by atoms with Crippen LogP contribution in [0.3, 0.4) is 0 Å². The minimum atomic E-state index is 0.909. The van der Waals surface area contributed by atoms with E-state index in [2.05, 4.69) is 13.8 Å². The van der Waals surface area contributed by atoms with Crippen LogP contribution in [0.15, 0.2) is 0 Å². The van der Waals surface area contributed by atoms with Gasteiger partial charge in [-0.2, -0.15) is 0 Å². The van der Waals surface area contributed by atoms with Crippen molar-refractivity contribution in [3.63, 3.8) is 0 Å². The van der Waals surface area contributed by atoms with Crippen LogP contribution in [0.2, 0.25) is 0 Å². The minimum absolute atomic E-state index is 0.909. The standard InChI is InChI=1S/C13H26/c1-12(2)8-4-3-5-9-13-10-6-7-11-13/h12-13H,3-11H2,1-2H3. The number of hydrogen-bond acceptors (Lipinski definition) is 0. The fourth-order valence-corrected chi connectivity index (χ4v) is 2.46. The Balaban J connectivity index is 1.83. The lowest BCUT2D eigenvalue weighted by Crippen LogP contribution is -1.93. The molecule has 0 radical (unpaired) electrons. The molecule has 0 heterocycles. The molecule has 0 aliphatic heterocycles. The van der Waals surface area contributed by atoms with Gasteiger partial charge in [0.15, 0.2) is 0 Å². The molecule has 0 unspecified atom stereocenters. The molecule has 0 nitrogen and oxygen atoms in total. The second kappa shape index (κ2) is 6.45. The Morgan fingerprint density at radius 1 is 1.00 bits per heavy atom. The summed E-state index contributed by atoms with van der Waals surface area (Å²) in [4.78, 5) is 0. The van der Waals surface area contributed by atoms with Crippen LogP contribution in [0.25, 0.3) is 0 Å². The molecule has 0 amide bonds. The first-order chi connectivity index (χ1) is 6.29. The van der Waals surface area contributed by atoms with Crippen molar-refractivity contribution in [2.75, 3.05) is 0 Å². The van der Waals surface area contributed by atoms with E-state index in [4.69, 9.17) is 0 Å². The molecule has 0 bridgehead atoms. The predicted octanol–water partition coefficient (Wildman–Crippen LogP) is 4.78. The fourth-order valence-electron chi connectivity index (χ4n) is 2.46. The van der Waals surface area contributed by atoms with Crippen LogP contribution in [0.5, 0.6) is 0 Å². The molecule has 13 heavy (non-hydrogen) atoms. The van der Waals surface area contributed by atoms with E-state index >= 15 is 0 Å². The normalized spacial score (nSPS) is 18.7. The zero-order valence-electron chi connectivity index (χ0n) is 9.52. The van der Waals surface area contributed by atoms with Crippen molar-refractivity contribution in [1.82, 2.24) is 0 Å². The summed E-state index contributed by atoms with van der Waals surface area (Å²) >= 11 is 0. The molecular weight excluding hydrogens is 156 g/mol. The smallest absolute Gasteiger partial charge is 0.0414 e. The van der Waals surface area contributed by atoms with E-state index in [-0.39, 0.29) is 0 Å². The molecule has 0 atom stereocenters. The molecule has 1 fully saturated rings. The zero-order valence-corrected chi connectivity index (χ0v) is 9.52. The summed E-state index contributed by atoms with van der Waals surface area (Å²) in [6.45, 7) is 4.66. The average molecular weight is 182 g/mol. The van der Waals surface area contributed by atoms with Crippen molar-refractivity contribution in [2.45, 2.75) is 71.6 Å². The summed E-state index contributed by atoms with van der Waals surface area (Å²) in [5.74, 6) is 2.02. The van der Waals surface area contributed by atoms with Crippen molar-refractivity contribution >= 4 is 0 Å². The van der Waals surface area contributed by atoms with Crippen molar-refractivity contribution in [1.29, 1.82) is 0 Å². The van der Waals surface area contributed by atoms with Crippen molar-refractivity contribution < 1.29 is 0 Å². The van der Waals surface area contributed by atoms with Gasteiger partial charge in [0.2, 0.25) is 0 Å². The summed E-state index contributed by atoms with van der Waals surface area (Å²) < 4.78 is 0. The molecule has 1 aliphatic rings. The number of hydrogen-bond donors (Lipinski definition) is 0. The Bertz CT molecular complexity index is 109. The van der Waals surface area contributed by atoms with Crippen LogP contribution in [0, 0.1) is 11.8 Å². The van der Waals surface area contributed by atoms with Crippen molar-refractivity contribution in [3.8, 4) is 0 Å². The van der Waals surface area contributed by atoms with Crippen LogP contribution in [-0.4, -0.2) is 0 Å². The lowest BCUT2D eigenvalue weighted by atomic mass is 9.98. The van der Waals surface area contributed by atoms with E-state index in [1.54, 1.807) is 0 Å². The molecular formula is C13H26. The second-order valence-corrected chi connectivity index (χ2v) is 5.18. The monoisotopic (exact) mass is 182 g/mol. The van der Waals surface area contributed by atoms with E-state index in [1.807, 2.05) is 0 Å². The topological polar surface area (TPSA) is 0 Å². The first-order valence-corrected chi connectivity index (χ1v) is 6.29. The maximum Gasteiger partial charge on any atom is -0.0414 e. The van der Waals surface area contributed by atoms with Crippen LogP contribution in [0.4, 0.5) is 0 Å². The Morgan fingerprint density at radius 2 is 1.69 bits per heavy atom. The van der Waals surface area contributed by atoms with Gasteiger partial charge in [-0.15, -0.1) is 0 Å². The molecule has 0 spiro atoms. The Labute approximate surface area is 84.1 Å². The van der Waals surface area contributed by atoms with Gasteiger partial charge in [0.05, 0.1) is 0 Å². The highest BCUT2D eigenvalue weighted by Gasteiger charge is 2.13. The maximum atomic E-state index is 2.33. The van der Waals surface area contributed by atoms with Gasteiger partial charge in [-0.05, 0) is 11.8 Å². The van der Waals surface area contributed by atoms with Crippen molar-refractivity contribution in [2.24, 2.45) is 11.8 Å². The van der Waals surface area contributed by atoms with Gasteiger partial charge in [-0.25, -0.2) is 0 Å². The Kier molecular flexibility index (Phi) is 5.50. The first-order valence-electron chi connectivity index (χ1n) is 6.29. The summed E-state index contributed by atoms with van der Waals surface area (Å²) in [6, 6.07) is 0. The molecule has 1 saturated carbocycles. The van der Waals surface area contributed by atoms with E-state index in [0.717, 1.165) is 11.8 Å². The molecule has 0 heteroatoms. The molecule has 1 rings (SSSR count). The summed E-state index contributed by atoms with van der Waals surface area (Å²) in [5.41, 5.74) is 0. The van der Waals surface area contributed by atoms with Gasteiger partial charge in [-0.1, -0.05) is 71.6 Å². The maximum absolute atomic E-state index is 2.33. The average Bonchev–Trinajstić information content (AvgIpc) is 2.55. The zero-order chi connectivity index (χ0) is 9.52. The highest BCUT2D eigenvalue weighted by atomic mass is 14.2. The van der Waals surface area contributed by atoms with E-state index in [9.17, 15) is 0 Å². The number of unbranched alkanes of at least 4 members (excludes halogenated alkanes) is 2. The number of rotatable bonds is 6. The van der Waals surface area contributed by atoms with Crippen molar-refractivity contribution in [3.05, 3.63) is 0 Å². The summed E-state index contributed by atoms with van der Waals surface area (Å²) in [6.07, 6.45) is 13.5. The van der Waals surface area contributed by atoms with Gasteiger partial charge in [0.25, 0.3) is 0 Å². The van der Waals surface area contributed by atoms with Gasteiger partial charge >= 0.3 is 0 Å². The highest BCUT2D eigenvalue weighted by molar-refractivity contribution is 4.67. The minimum Gasteiger partial charge on any atom is -0.0628 e. The Hall–Kier alpha value is 0. The fraction of sp³-hybridized carbons (Fsp3) is 1.00. The SMILES string of the molecule is CC(C)CCCCCC1CCCC1. The quantitative estimate of drug-likeness (QED) is 0.518. The molecule has 78 valence electrons. The van der Waals surface area contributed by atoms with Crippen LogP contribution < -0.4 is 0 Å². The predicted molar refractivity (Wildman–Crippen MR) is 59.9 cm³/mol. The van der Waals surface area contributed by atoms with Crippen LogP contribution in [-0.2, 0) is 0 Å². The third-order valence-electron chi connectivity index (χ3n) is 3.37. The van der Waals surface area contributed by atoms with Gasteiger partial charge in [-0.3, -0.25) is 0 Å². The van der Waals surface area contributed by atoms with E-state index in [0.29, 0.717) is 0 Å². The summed E-state index contributed by atoms with van der Waals surface area (Å²) in [5, 5.41) is 0. The molecule has 0 aromatic heterocycles. The third kappa shape index (κ3) is 5.33. The highest BCUT2D eigenvalue weighted by Crippen LogP contribution is 2.29. The van der Waals surface area contributed by atoms with E-state index < -0.39 is 0 Å². The molecule has 0 saturated heterocycles. The largest absolute Gasteiger partial charge is 0.0628 e. The molecule has 0 aromatic carbocycles. The second-order valence-electron chi connectivity index (χ2n) is 5.18. The lowest BCUT2D eigenvalue weighted by Gasteiger charge is -2.08. The first kappa shape index (κ1) is 11.1. The van der Waals surface area contributed by atoms with Gasteiger partial charge < -0.3 is 0 Å². The molecule has 1 aliphatic carbocycles. The molecule has 0 N–H and O–H groups in total. The van der Waals surface area contributed by atoms with Gasteiger partial charge in [0, 0.05) is 0 Å². The third-order valence-corrected chi connectivity index (χ3v) is 3.37.